The third-order valence-electron chi connectivity index (χ3n) is 3.85. The van der Waals surface area contributed by atoms with E-state index in [0.717, 1.165) is 18.4 Å². The molecule has 1 amide bonds. The molecule has 0 spiro atoms. The van der Waals surface area contributed by atoms with E-state index in [1.807, 2.05) is 37.3 Å². The van der Waals surface area contributed by atoms with Gasteiger partial charge < -0.3 is 10.4 Å². The number of carboxylic acid groups (broad SMARTS) is 1. The first-order valence-electron chi connectivity index (χ1n) is 6.67. The molecule has 0 bridgehead atoms. The van der Waals surface area contributed by atoms with Crippen molar-refractivity contribution in [1.82, 2.24) is 5.32 Å². The van der Waals surface area contributed by atoms with Gasteiger partial charge in [-0.05, 0) is 25.3 Å². The van der Waals surface area contributed by atoms with E-state index in [4.69, 9.17) is 5.11 Å². The van der Waals surface area contributed by atoms with Crippen LogP contribution in [0.4, 0.5) is 0 Å². The summed E-state index contributed by atoms with van der Waals surface area (Å²) in [5, 5.41) is 12.0. The maximum Gasteiger partial charge on any atom is 0.308 e. The summed E-state index contributed by atoms with van der Waals surface area (Å²) in [6.07, 6.45) is 2.27. The van der Waals surface area contributed by atoms with Crippen molar-refractivity contribution in [2.75, 3.05) is 0 Å². The predicted molar refractivity (Wildman–Crippen MR) is 71.8 cm³/mol. The van der Waals surface area contributed by atoms with Crippen molar-refractivity contribution in [2.45, 2.75) is 38.1 Å². The smallest absolute Gasteiger partial charge is 0.308 e. The molecule has 0 aromatic heterocycles. The van der Waals surface area contributed by atoms with E-state index in [1.165, 1.54) is 0 Å². The molecule has 2 rings (SSSR count). The summed E-state index contributed by atoms with van der Waals surface area (Å²) in [6, 6.07) is 9.30. The summed E-state index contributed by atoms with van der Waals surface area (Å²) in [4.78, 5) is 23.2. The summed E-state index contributed by atoms with van der Waals surface area (Å²) in [7, 11) is 0. The van der Waals surface area contributed by atoms with Crippen molar-refractivity contribution in [3.8, 4) is 0 Å². The molecule has 102 valence electrons. The second-order valence-corrected chi connectivity index (χ2v) is 5.12. The van der Waals surface area contributed by atoms with E-state index in [1.54, 1.807) is 0 Å². The van der Waals surface area contributed by atoms with Gasteiger partial charge in [0, 0.05) is 6.04 Å². The van der Waals surface area contributed by atoms with Crippen molar-refractivity contribution in [3.05, 3.63) is 35.9 Å². The van der Waals surface area contributed by atoms with Crippen LogP contribution >= 0.6 is 0 Å². The van der Waals surface area contributed by atoms with Gasteiger partial charge in [0.2, 0.25) is 5.91 Å². The van der Waals surface area contributed by atoms with Crippen molar-refractivity contribution < 1.29 is 14.7 Å². The highest BCUT2D eigenvalue weighted by Gasteiger charge is 2.34. The number of nitrogens with one attached hydrogen (secondary N) is 1. The summed E-state index contributed by atoms with van der Waals surface area (Å²) in [5.74, 6) is -1.59. The predicted octanol–water partition coefficient (Wildman–Crippen LogP) is 2.16. The van der Waals surface area contributed by atoms with Crippen molar-refractivity contribution in [1.29, 1.82) is 0 Å². The van der Waals surface area contributed by atoms with Crippen LogP contribution in [0.15, 0.2) is 30.3 Å². The summed E-state index contributed by atoms with van der Waals surface area (Å²) in [6.45, 7) is 1.84. The van der Waals surface area contributed by atoms with Gasteiger partial charge in [-0.15, -0.1) is 0 Å². The van der Waals surface area contributed by atoms with Crippen LogP contribution in [0.2, 0.25) is 0 Å². The van der Waals surface area contributed by atoms with Gasteiger partial charge in [0.1, 0.15) is 0 Å². The Morgan fingerprint density at radius 1 is 1.26 bits per heavy atom. The fourth-order valence-electron chi connectivity index (χ4n) is 2.63. The lowest BCUT2D eigenvalue weighted by Gasteiger charge is -2.20. The van der Waals surface area contributed by atoms with Crippen LogP contribution in [-0.2, 0) is 9.59 Å². The molecule has 1 aliphatic carbocycles. The number of amides is 1. The van der Waals surface area contributed by atoms with Crippen LogP contribution in [0, 0.1) is 5.92 Å². The molecule has 1 saturated carbocycles. The fourth-order valence-corrected chi connectivity index (χ4v) is 2.63. The Kier molecular flexibility index (Phi) is 4.20. The molecule has 0 heterocycles. The molecule has 0 radical (unpaired) electrons. The number of carbonyl (C=O) groups is 2. The minimum atomic E-state index is -0.810. The van der Waals surface area contributed by atoms with Gasteiger partial charge in [0.05, 0.1) is 11.8 Å². The molecule has 0 saturated heterocycles. The monoisotopic (exact) mass is 261 g/mol. The van der Waals surface area contributed by atoms with Gasteiger partial charge in [0.15, 0.2) is 0 Å². The number of benzene rings is 1. The van der Waals surface area contributed by atoms with Gasteiger partial charge in [-0.2, -0.15) is 0 Å². The van der Waals surface area contributed by atoms with Crippen LogP contribution in [0.25, 0.3) is 0 Å². The second kappa shape index (κ2) is 5.87. The zero-order chi connectivity index (χ0) is 13.8. The molecule has 4 nitrogen and oxygen atoms in total. The quantitative estimate of drug-likeness (QED) is 0.872. The van der Waals surface area contributed by atoms with Gasteiger partial charge in [-0.1, -0.05) is 36.8 Å². The van der Waals surface area contributed by atoms with Gasteiger partial charge in [0.25, 0.3) is 0 Å². The van der Waals surface area contributed by atoms with Crippen LogP contribution in [0.1, 0.15) is 37.7 Å². The molecule has 1 fully saturated rings. The highest BCUT2D eigenvalue weighted by Crippen LogP contribution is 2.26. The topological polar surface area (TPSA) is 66.4 Å². The number of aliphatic carboxylic acids is 1. The Balaban J connectivity index is 1.99. The average molecular weight is 261 g/mol. The molecule has 4 heteroatoms. The number of rotatable bonds is 4. The Bertz CT molecular complexity index is 458. The molecule has 19 heavy (non-hydrogen) atoms. The zero-order valence-electron chi connectivity index (χ0n) is 11.0. The first kappa shape index (κ1) is 13.6. The van der Waals surface area contributed by atoms with Gasteiger partial charge >= 0.3 is 5.97 Å². The molecule has 1 aromatic rings. The number of hydrogen-bond acceptors (Lipinski definition) is 2. The van der Waals surface area contributed by atoms with E-state index < -0.39 is 11.9 Å². The Morgan fingerprint density at radius 2 is 1.95 bits per heavy atom. The van der Waals surface area contributed by atoms with E-state index in [9.17, 15) is 9.59 Å². The summed E-state index contributed by atoms with van der Waals surface area (Å²) < 4.78 is 0. The maximum atomic E-state index is 12.2. The standard InChI is InChI=1S/C15H19NO3/c1-10(11-6-3-2-4-7-11)14(17)16-13-9-5-8-12(13)15(18)19/h2-4,6-7,10,12-13H,5,8-9H2,1H3,(H,16,17)(H,18,19)/t10?,12-,13+/m0/s1. The minimum Gasteiger partial charge on any atom is -0.481 e. The van der Waals surface area contributed by atoms with E-state index in [2.05, 4.69) is 5.32 Å². The molecule has 0 aliphatic heterocycles. The second-order valence-electron chi connectivity index (χ2n) is 5.12. The lowest BCUT2D eigenvalue weighted by Crippen LogP contribution is -2.41. The fraction of sp³-hybridized carbons (Fsp3) is 0.467. The molecule has 1 unspecified atom stereocenters. The average Bonchev–Trinajstić information content (AvgIpc) is 2.87. The third-order valence-corrected chi connectivity index (χ3v) is 3.85. The van der Waals surface area contributed by atoms with Crippen LogP contribution in [0.3, 0.4) is 0 Å². The van der Waals surface area contributed by atoms with Crippen molar-refractivity contribution >= 4 is 11.9 Å². The summed E-state index contributed by atoms with van der Waals surface area (Å²) >= 11 is 0. The van der Waals surface area contributed by atoms with Gasteiger partial charge in [-0.3, -0.25) is 9.59 Å². The van der Waals surface area contributed by atoms with Gasteiger partial charge in [-0.25, -0.2) is 0 Å². The molecule has 2 N–H and O–H groups in total. The maximum absolute atomic E-state index is 12.2. The van der Waals surface area contributed by atoms with Crippen LogP contribution < -0.4 is 5.32 Å². The SMILES string of the molecule is CC(C(=O)N[C@@H]1CCC[C@@H]1C(=O)O)c1ccccc1. The Labute approximate surface area is 112 Å². The molecule has 3 atom stereocenters. The number of hydrogen-bond donors (Lipinski definition) is 2. The number of carboxylic acids is 1. The molecule has 1 aromatic carbocycles. The highest BCUT2D eigenvalue weighted by molar-refractivity contribution is 5.84. The molecular weight excluding hydrogens is 242 g/mol. The molecule has 1 aliphatic rings. The lowest BCUT2D eigenvalue weighted by atomic mass is 9.98. The number of carbonyl (C=O) groups excluding carboxylic acids is 1. The largest absolute Gasteiger partial charge is 0.481 e. The highest BCUT2D eigenvalue weighted by atomic mass is 16.4. The van der Waals surface area contributed by atoms with E-state index >= 15 is 0 Å². The Morgan fingerprint density at radius 3 is 2.58 bits per heavy atom. The normalized spacial score (nSPS) is 23.8. The van der Waals surface area contributed by atoms with Crippen LogP contribution in [-0.4, -0.2) is 23.0 Å². The third kappa shape index (κ3) is 3.13. The zero-order valence-corrected chi connectivity index (χ0v) is 11.0. The first-order valence-corrected chi connectivity index (χ1v) is 6.67. The van der Waals surface area contributed by atoms with Crippen molar-refractivity contribution in [2.24, 2.45) is 5.92 Å². The Hall–Kier alpha value is -1.84. The molecular formula is C15H19NO3. The first-order chi connectivity index (χ1) is 9.09. The van der Waals surface area contributed by atoms with Crippen molar-refractivity contribution in [3.63, 3.8) is 0 Å². The van der Waals surface area contributed by atoms with E-state index in [-0.39, 0.29) is 17.9 Å². The minimum absolute atomic E-state index is 0.0932. The summed E-state index contributed by atoms with van der Waals surface area (Å²) in [5.41, 5.74) is 0.949. The van der Waals surface area contributed by atoms with Crippen LogP contribution in [0.5, 0.6) is 0 Å². The van der Waals surface area contributed by atoms with E-state index in [0.29, 0.717) is 6.42 Å². The lowest BCUT2D eigenvalue weighted by molar-refractivity contribution is -0.142.